The number of hydrogen-bond donors (Lipinski definition) is 1. The summed E-state index contributed by atoms with van der Waals surface area (Å²) < 4.78 is 16.9. The average molecular weight is 359 g/mol. The van der Waals surface area contributed by atoms with E-state index in [9.17, 15) is 14.3 Å². The van der Waals surface area contributed by atoms with Crippen LogP contribution in [0.1, 0.15) is 27.9 Å². The molecule has 25 heavy (non-hydrogen) atoms. The number of carbonyl (C=O) groups excluding carboxylic acids is 1. The number of aliphatic imine (C=N–C) groups is 1. The van der Waals surface area contributed by atoms with Crippen LogP contribution < -0.4 is 0 Å². The highest BCUT2D eigenvalue weighted by molar-refractivity contribution is 7.52. The Bertz CT molecular complexity index is 757. The molecule has 5 nitrogen and oxygen atoms in total. The molecule has 132 valence electrons. The Morgan fingerprint density at radius 2 is 1.84 bits per heavy atom. The molecule has 0 aliphatic rings. The van der Waals surface area contributed by atoms with Crippen LogP contribution in [0.3, 0.4) is 0 Å². The lowest BCUT2D eigenvalue weighted by atomic mass is 10.1. The predicted octanol–water partition coefficient (Wildman–Crippen LogP) is 4.04. The van der Waals surface area contributed by atoms with Crippen molar-refractivity contribution in [1.82, 2.24) is 0 Å². The lowest BCUT2D eigenvalue weighted by Gasteiger charge is -2.10. The molecule has 0 fully saturated rings. The molecular weight excluding hydrogens is 337 g/mol. The zero-order chi connectivity index (χ0) is 18.1. The molecule has 0 saturated heterocycles. The second kappa shape index (κ2) is 9.42. The van der Waals surface area contributed by atoms with Gasteiger partial charge in [0.05, 0.1) is 12.8 Å². The molecule has 0 radical (unpaired) electrons. The first-order chi connectivity index (χ1) is 12.0. The van der Waals surface area contributed by atoms with Crippen molar-refractivity contribution in [3.8, 4) is 0 Å². The molecule has 1 atom stereocenters. The van der Waals surface area contributed by atoms with Gasteiger partial charge in [0, 0.05) is 11.8 Å². The molecule has 0 saturated carbocycles. The summed E-state index contributed by atoms with van der Waals surface area (Å²) in [4.78, 5) is 25.4. The van der Waals surface area contributed by atoms with Crippen molar-refractivity contribution < 1.29 is 18.8 Å². The third-order valence-electron chi connectivity index (χ3n) is 3.61. The maximum atomic E-state index is 11.9. The minimum atomic E-state index is -3.67. The number of hydrogen-bond acceptors (Lipinski definition) is 3. The van der Waals surface area contributed by atoms with Gasteiger partial charge in [0.1, 0.15) is 0 Å². The van der Waals surface area contributed by atoms with Gasteiger partial charge >= 0.3 is 7.60 Å². The Labute approximate surface area is 147 Å². The van der Waals surface area contributed by atoms with Gasteiger partial charge in [0.25, 0.3) is 5.91 Å². The lowest BCUT2D eigenvalue weighted by Crippen LogP contribution is -2.01. The lowest BCUT2D eigenvalue weighted by molar-refractivity contribution is 0.100. The van der Waals surface area contributed by atoms with E-state index in [0.29, 0.717) is 12.0 Å². The van der Waals surface area contributed by atoms with Crippen molar-refractivity contribution in [1.29, 1.82) is 0 Å². The van der Waals surface area contributed by atoms with Crippen LogP contribution in [-0.2, 0) is 15.5 Å². The molecule has 6 heteroatoms. The highest BCUT2D eigenvalue weighted by Crippen LogP contribution is 2.42. The fraction of sp³-hybridized carbons (Fsp3) is 0.263. The zero-order valence-electron chi connectivity index (χ0n) is 14.2. The van der Waals surface area contributed by atoms with Crippen LogP contribution >= 0.6 is 7.60 Å². The average Bonchev–Trinajstić information content (AvgIpc) is 2.60. The molecule has 2 rings (SSSR count). The summed E-state index contributed by atoms with van der Waals surface area (Å²) in [6, 6.07) is 16.8. The normalized spacial score (nSPS) is 13.7. The van der Waals surface area contributed by atoms with Crippen molar-refractivity contribution in [2.75, 3.05) is 12.8 Å². The van der Waals surface area contributed by atoms with Gasteiger partial charge < -0.3 is 9.42 Å². The van der Waals surface area contributed by atoms with E-state index in [0.717, 1.165) is 17.5 Å². The van der Waals surface area contributed by atoms with Gasteiger partial charge in [0.2, 0.25) is 0 Å². The van der Waals surface area contributed by atoms with Gasteiger partial charge in [-0.15, -0.1) is 0 Å². The maximum absolute atomic E-state index is 11.9. The fourth-order valence-electron chi connectivity index (χ4n) is 2.23. The first-order valence-corrected chi connectivity index (χ1v) is 9.86. The fourth-order valence-corrected chi connectivity index (χ4v) is 3.22. The molecule has 0 bridgehead atoms. The largest absolute Gasteiger partial charge is 0.328 e. The molecule has 0 aromatic heterocycles. The Hall–Kier alpha value is -2.07. The van der Waals surface area contributed by atoms with Crippen LogP contribution in [-0.4, -0.2) is 29.8 Å². The standard InChI is InChI=1S/C19H22NO4P/c1-16-9-11-18(12-10-16)19(21)20-13-14-24-25(22,23)15-5-8-17-6-3-2-4-7-17/h2-4,6-7,9-13H,5,8,14-15H2,1H3,(H,22,23). The number of amides is 1. The minimum absolute atomic E-state index is 0.0711. The van der Waals surface area contributed by atoms with Crippen LogP contribution in [0.15, 0.2) is 59.6 Å². The van der Waals surface area contributed by atoms with Crippen molar-refractivity contribution in [2.24, 2.45) is 4.99 Å². The Morgan fingerprint density at radius 1 is 1.16 bits per heavy atom. The molecule has 2 aromatic rings. The van der Waals surface area contributed by atoms with Crippen LogP contribution in [0.4, 0.5) is 0 Å². The van der Waals surface area contributed by atoms with E-state index in [1.807, 2.05) is 49.4 Å². The SMILES string of the molecule is Cc1ccc(C(=O)N=CCOP(=O)(O)CCCc2ccccc2)cc1. The predicted molar refractivity (Wildman–Crippen MR) is 99.4 cm³/mol. The summed E-state index contributed by atoms with van der Waals surface area (Å²) in [5.74, 6) is -0.402. The highest BCUT2D eigenvalue weighted by atomic mass is 31.2. The van der Waals surface area contributed by atoms with E-state index in [2.05, 4.69) is 4.99 Å². The Balaban J connectivity index is 1.72. The second-order valence-electron chi connectivity index (χ2n) is 5.73. The van der Waals surface area contributed by atoms with E-state index in [1.165, 1.54) is 6.21 Å². The monoisotopic (exact) mass is 359 g/mol. The summed E-state index contributed by atoms with van der Waals surface area (Å²) in [5, 5.41) is 0. The summed E-state index contributed by atoms with van der Waals surface area (Å²) in [6.07, 6.45) is 2.57. The molecule has 1 N–H and O–H groups in total. The third-order valence-corrected chi connectivity index (χ3v) is 5.04. The van der Waals surface area contributed by atoms with Crippen LogP contribution in [0.5, 0.6) is 0 Å². The Kier molecular flexibility index (Phi) is 7.26. The smallest absolute Gasteiger partial charge is 0.324 e. The van der Waals surface area contributed by atoms with E-state index < -0.39 is 13.5 Å². The van der Waals surface area contributed by atoms with Gasteiger partial charge in [-0.1, -0.05) is 48.0 Å². The molecule has 0 heterocycles. The zero-order valence-corrected chi connectivity index (χ0v) is 15.1. The third kappa shape index (κ3) is 7.14. The number of carbonyl (C=O) groups is 1. The molecule has 0 aliphatic carbocycles. The number of aryl methyl sites for hydroxylation is 2. The first kappa shape index (κ1) is 19.3. The molecule has 1 amide bonds. The van der Waals surface area contributed by atoms with Crippen LogP contribution in [0.2, 0.25) is 0 Å². The van der Waals surface area contributed by atoms with Gasteiger partial charge in [-0.05, 0) is 37.5 Å². The molecule has 1 unspecified atom stereocenters. The van der Waals surface area contributed by atoms with Crippen LogP contribution in [0.25, 0.3) is 0 Å². The summed E-state index contributed by atoms with van der Waals surface area (Å²) in [7, 11) is -3.67. The maximum Gasteiger partial charge on any atom is 0.328 e. The molecular formula is C19H22NO4P. The van der Waals surface area contributed by atoms with E-state index in [1.54, 1.807) is 12.1 Å². The van der Waals surface area contributed by atoms with Gasteiger partial charge in [-0.25, -0.2) is 4.99 Å². The van der Waals surface area contributed by atoms with E-state index in [4.69, 9.17) is 4.52 Å². The topological polar surface area (TPSA) is 76.0 Å². The van der Waals surface area contributed by atoms with Gasteiger partial charge in [-0.2, -0.15) is 0 Å². The number of rotatable bonds is 8. The second-order valence-corrected chi connectivity index (χ2v) is 7.71. The van der Waals surface area contributed by atoms with Gasteiger partial charge in [0.15, 0.2) is 0 Å². The van der Waals surface area contributed by atoms with Crippen molar-refractivity contribution >= 4 is 19.7 Å². The first-order valence-electron chi connectivity index (χ1n) is 8.10. The summed E-state index contributed by atoms with van der Waals surface area (Å²) >= 11 is 0. The minimum Gasteiger partial charge on any atom is -0.324 e. The van der Waals surface area contributed by atoms with Gasteiger partial charge in [-0.3, -0.25) is 9.36 Å². The van der Waals surface area contributed by atoms with Crippen molar-refractivity contribution in [2.45, 2.75) is 19.8 Å². The molecule has 0 aliphatic heterocycles. The number of nitrogens with zero attached hydrogens (tertiary/aromatic N) is 1. The van der Waals surface area contributed by atoms with E-state index in [-0.39, 0.29) is 12.8 Å². The quantitative estimate of drug-likeness (QED) is 0.570. The number of benzene rings is 2. The van der Waals surface area contributed by atoms with Crippen molar-refractivity contribution in [3.05, 3.63) is 71.3 Å². The van der Waals surface area contributed by atoms with Crippen LogP contribution in [0, 0.1) is 6.92 Å². The Morgan fingerprint density at radius 3 is 2.52 bits per heavy atom. The van der Waals surface area contributed by atoms with E-state index >= 15 is 0 Å². The highest BCUT2D eigenvalue weighted by Gasteiger charge is 2.18. The summed E-state index contributed by atoms with van der Waals surface area (Å²) in [6.45, 7) is 1.76. The summed E-state index contributed by atoms with van der Waals surface area (Å²) in [5.41, 5.74) is 2.64. The molecule has 2 aromatic carbocycles. The molecule has 0 spiro atoms. The van der Waals surface area contributed by atoms with Crippen molar-refractivity contribution in [3.63, 3.8) is 0 Å².